The van der Waals surface area contributed by atoms with E-state index in [1.807, 2.05) is 32.0 Å². The molecule has 0 fully saturated rings. The highest BCUT2D eigenvalue weighted by Gasteiger charge is 2.11. The molecule has 3 rings (SSSR count). The van der Waals surface area contributed by atoms with Crippen molar-refractivity contribution in [1.29, 1.82) is 0 Å². The van der Waals surface area contributed by atoms with Gasteiger partial charge in [-0.15, -0.1) is 0 Å². The highest BCUT2D eigenvalue weighted by molar-refractivity contribution is 5.89. The minimum atomic E-state index is 0.294. The largest absolute Gasteiger partial charge is 0.365 e. The van der Waals surface area contributed by atoms with Gasteiger partial charge in [0.25, 0.3) is 0 Å². The maximum Gasteiger partial charge on any atom is 0.137 e. The van der Waals surface area contributed by atoms with Gasteiger partial charge < -0.3 is 5.32 Å². The van der Waals surface area contributed by atoms with Gasteiger partial charge >= 0.3 is 0 Å². The van der Waals surface area contributed by atoms with Gasteiger partial charge in [0, 0.05) is 29.1 Å². The summed E-state index contributed by atoms with van der Waals surface area (Å²) in [5.74, 6) is 2.04. The Morgan fingerprint density at radius 2 is 1.91 bits per heavy atom. The van der Waals surface area contributed by atoms with Crippen LogP contribution >= 0.6 is 0 Å². The van der Waals surface area contributed by atoms with Crippen molar-refractivity contribution in [2.75, 3.05) is 5.32 Å². The Hall–Kier alpha value is -2.43. The van der Waals surface area contributed by atoms with Gasteiger partial charge in [0.2, 0.25) is 0 Å². The molecule has 5 nitrogen and oxygen atoms in total. The van der Waals surface area contributed by atoms with Crippen molar-refractivity contribution in [3.8, 4) is 0 Å². The van der Waals surface area contributed by atoms with Crippen LogP contribution in [0.15, 0.2) is 24.3 Å². The van der Waals surface area contributed by atoms with E-state index in [1.54, 1.807) is 0 Å². The lowest BCUT2D eigenvalue weighted by Gasteiger charge is -2.12. The van der Waals surface area contributed by atoms with Gasteiger partial charge in [-0.25, -0.2) is 9.97 Å². The molecule has 0 bridgehead atoms. The highest BCUT2D eigenvalue weighted by Crippen LogP contribution is 2.24. The van der Waals surface area contributed by atoms with E-state index in [9.17, 15) is 0 Å². The Bertz CT molecular complexity index is 784. The molecule has 2 heterocycles. The number of aryl methyl sites for hydroxylation is 2. The van der Waals surface area contributed by atoms with Gasteiger partial charge in [-0.3, -0.25) is 5.10 Å². The molecule has 0 atom stereocenters. The Balaban J connectivity index is 1.98. The molecule has 22 heavy (non-hydrogen) atoms. The number of hydrogen-bond donors (Lipinski definition) is 2. The molecular weight excluding hydrogens is 274 g/mol. The Labute approximate surface area is 130 Å². The van der Waals surface area contributed by atoms with Crippen LogP contribution in [0.25, 0.3) is 10.9 Å². The van der Waals surface area contributed by atoms with Crippen LogP contribution in [-0.2, 0) is 6.54 Å². The number of rotatable bonds is 4. The molecule has 0 aliphatic heterocycles. The van der Waals surface area contributed by atoms with Gasteiger partial charge in [-0.05, 0) is 26.0 Å². The van der Waals surface area contributed by atoms with Crippen LogP contribution in [0.5, 0.6) is 0 Å². The molecule has 5 heteroatoms. The summed E-state index contributed by atoms with van der Waals surface area (Å²) < 4.78 is 0. The predicted molar refractivity (Wildman–Crippen MR) is 89.0 cm³/mol. The maximum absolute atomic E-state index is 4.71. The zero-order chi connectivity index (χ0) is 15.7. The van der Waals surface area contributed by atoms with Gasteiger partial charge in [0.15, 0.2) is 0 Å². The number of nitrogens with zero attached hydrogens (tertiary/aromatic N) is 3. The SMILES string of the molecule is Cc1n[nH]c(C)c1CNc1nc(C(C)C)nc2ccccc12. The summed E-state index contributed by atoms with van der Waals surface area (Å²) >= 11 is 0. The van der Waals surface area contributed by atoms with Crippen LogP contribution in [0.1, 0.15) is 42.5 Å². The van der Waals surface area contributed by atoms with Crippen molar-refractivity contribution < 1.29 is 0 Å². The molecule has 2 aromatic heterocycles. The van der Waals surface area contributed by atoms with E-state index in [0.29, 0.717) is 12.5 Å². The van der Waals surface area contributed by atoms with Crippen LogP contribution in [0.3, 0.4) is 0 Å². The summed E-state index contributed by atoms with van der Waals surface area (Å²) in [6.07, 6.45) is 0. The van der Waals surface area contributed by atoms with E-state index < -0.39 is 0 Å². The van der Waals surface area contributed by atoms with Crippen molar-refractivity contribution in [2.45, 2.75) is 40.2 Å². The monoisotopic (exact) mass is 295 g/mol. The van der Waals surface area contributed by atoms with Crippen LogP contribution in [0.2, 0.25) is 0 Å². The van der Waals surface area contributed by atoms with Crippen LogP contribution in [0, 0.1) is 13.8 Å². The zero-order valence-electron chi connectivity index (χ0n) is 13.4. The van der Waals surface area contributed by atoms with Crippen molar-refractivity contribution in [1.82, 2.24) is 20.2 Å². The Morgan fingerprint density at radius 3 is 2.59 bits per heavy atom. The molecule has 114 valence electrons. The number of fused-ring (bicyclic) bond motifs is 1. The molecule has 0 amide bonds. The molecule has 1 aromatic carbocycles. The van der Waals surface area contributed by atoms with Gasteiger partial charge in [0.05, 0.1) is 11.2 Å². The second-order valence-electron chi connectivity index (χ2n) is 5.87. The molecule has 0 radical (unpaired) electrons. The predicted octanol–water partition coefficient (Wildman–Crippen LogP) is 3.71. The summed E-state index contributed by atoms with van der Waals surface area (Å²) in [5, 5.41) is 11.8. The molecule has 0 saturated carbocycles. The lowest BCUT2D eigenvalue weighted by molar-refractivity contribution is 0.783. The fourth-order valence-corrected chi connectivity index (χ4v) is 2.49. The van der Waals surface area contributed by atoms with E-state index in [1.165, 1.54) is 5.56 Å². The number of benzene rings is 1. The lowest BCUT2D eigenvalue weighted by Crippen LogP contribution is -2.07. The number of nitrogens with one attached hydrogen (secondary N) is 2. The van der Waals surface area contributed by atoms with E-state index in [4.69, 9.17) is 4.98 Å². The second kappa shape index (κ2) is 5.75. The van der Waals surface area contributed by atoms with E-state index in [-0.39, 0.29) is 0 Å². The summed E-state index contributed by atoms with van der Waals surface area (Å²) in [5.41, 5.74) is 4.28. The highest BCUT2D eigenvalue weighted by atomic mass is 15.1. The van der Waals surface area contributed by atoms with Crippen molar-refractivity contribution in [2.24, 2.45) is 0 Å². The molecule has 0 unspecified atom stereocenters. The second-order valence-corrected chi connectivity index (χ2v) is 5.87. The Kier molecular flexibility index (Phi) is 3.79. The number of aromatic amines is 1. The van der Waals surface area contributed by atoms with Crippen molar-refractivity contribution >= 4 is 16.7 Å². The van der Waals surface area contributed by atoms with Gasteiger partial charge in [0.1, 0.15) is 11.6 Å². The first-order valence-corrected chi connectivity index (χ1v) is 7.57. The average Bonchev–Trinajstić information content (AvgIpc) is 2.83. The van der Waals surface area contributed by atoms with E-state index >= 15 is 0 Å². The number of anilines is 1. The third-order valence-electron chi connectivity index (χ3n) is 3.85. The number of H-pyrrole nitrogens is 1. The molecule has 2 N–H and O–H groups in total. The summed E-state index contributed by atoms with van der Waals surface area (Å²) in [6.45, 7) is 8.97. The minimum Gasteiger partial charge on any atom is -0.365 e. The summed E-state index contributed by atoms with van der Waals surface area (Å²) in [7, 11) is 0. The average molecular weight is 295 g/mol. The fraction of sp³-hybridized carbons (Fsp3) is 0.353. The van der Waals surface area contributed by atoms with Crippen LogP contribution in [-0.4, -0.2) is 20.2 Å². The van der Waals surface area contributed by atoms with E-state index in [2.05, 4.69) is 40.4 Å². The first-order chi connectivity index (χ1) is 10.6. The lowest BCUT2D eigenvalue weighted by atomic mass is 10.1. The maximum atomic E-state index is 4.71. The first kappa shape index (κ1) is 14.5. The van der Waals surface area contributed by atoms with Gasteiger partial charge in [-0.1, -0.05) is 26.0 Å². The molecule has 0 aliphatic rings. The number of aromatic nitrogens is 4. The van der Waals surface area contributed by atoms with Crippen LogP contribution < -0.4 is 5.32 Å². The summed E-state index contributed by atoms with van der Waals surface area (Å²) in [6, 6.07) is 8.10. The summed E-state index contributed by atoms with van der Waals surface area (Å²) in [4.78, 5) is 9.35. The molecule has 0 saturated heterocycles. The number of para-hydroxylation sites is 1. The molecule has 0 aliphatic carbocycles. The standard InChI is InChI=1S/C17H21N5/c1-10(2)16-19-15-8-6-5-7-13(15)17(20-16)18-9-14-11(3)21-22-12(14)4/h5-8,10H,9H2,1-4H3,(H,21,22)(H,18,19,20). The smallest absolute Gasteiger partial charge is 0.137 e. The van der Waals surface area contributed by atoms with Crippen molar-refractivity contribution in [3.63, 3.8) is 0 Å². The van der Waals surface area contributed by atoms with Gasteiger partial charge in [-0.2, -0.15) is 5.10 Å². The Morgan fingerprint density at radius 1 is 1.14 bits per heavy atom. The zero-order valence-corrected chi connectivity index (χ0v) is 13.4. The third kappa shape index (κ3) is 2.66. The number of hydrogen-bond acceptors (Lipinski definition) is 4. The molecule has 3 aromatic rings. The topological polar surface area (TPSA) is 66.5 Å². The molecular formula is C17H21N5. The normalized spacial score (nSPS) is 11.3. The van der Waals surface area contributed by atoms with Crippen LogP contribution in [0.4, 0.5) is 5.82 Å². The minimum absolute atomic E-state index is 0.294. The fourth-order valence-electron chi connectivity index (χ4n) is 2.49. The third-order valence-corrected chi connectivity index (χ3v) is 3.85. The molecule has 0 spiro atoms. The van der Waals surface area contributed by atoms with Crippen molar-refractivity contribution in [3.05, 3.63) is 47.0 Å². The van der Waals surface area contributed by atoms with E-state index in [0.717, 1.165) is 33.9 Å². The first-order valence-electron chi connectivity index (χ1n) is 7.57. The quantitative estimate of drug-likeness (QED) is 0.770.